The first kappa shape index (κ1) is 20.0. The first-order valence-corrected chi connectivity index (χ1v) is 9.75. The second-order valence-electron chi connectivity index (χ2n) is 7.89. The number of fused-ring (bicyclic) bond motifs is 1. The van der Waals surface area contributed by atoms with E-state index in [2.05, 4.69) is 49.8 Å². The summed E-state index contributed by atoms with van der Waals surface area (Å²) in [5.74, 6) is 0.706. The van der Waals surface area contributed by atoms with Crippen LogP contribution in [0.4, 0.5) is 11.4 Å². The quantitative estimate of drug-likeness (QED) is 0.807. The van der Waals surface area contributed by atoms with E-state index >= 15 is 0 Å². The van der Waals surface area contributed by atoms with Gasteiger partial charge in [0.2, 0.25) is 0 Å². The third-order valence-corrected chi connectivity index (χ3v) is 5.11. The normalized spacial score (nSPS) is 14.6. The second kappa shape index (κ2) is 7.34. The molecule has 2 heterocycles. The lowest BCUT2D eigenvalue weighted by Gasteiger charge is -2.16. The predicted molar refractivity (Wildman–Crippen MR) is 117 cm³/mol. The Bertz CT molecular complexity index is 1030. The first-order chi connectivity index (χ1) is 13.1. The van der Waals surface area contributed by atoms with Crippen molar-refractivity contribution in [3.63, 3.8) is 0 Å². The van der Waals surface area contributed by atoms with E-state index < -0.39 is 0 Å². The van der Waals surface area contributed by atoms with Gasteiger partial charge in [0.25, 0.3) is 5.56 Å². The summed E-state index contributed by atoms with van der Waals surface area (Å²) in [7, 11) is 4.05. The van der Waals surface area contributed by atoms with Crippen LogP contribution in [-0.2, 0) is 6.42 Å². The molecule has 0 saturated carbocycles. The van der Waals surface area contributed by atoms with E-state index in [4.69, 9.17) is 9.98 Å². The molecule has 0 fully saturated rings. The maximum atomic E-state index is 13.0. The van der Waals surface area contributed by atoms with E-state index in [1.165, 1.54) is 4.68 Å². The highest BCUT2D eigenvalue weighted by Crippen LogP contribution is 2.30. The summed E-state index contributed by atoms with van der Waals surface area (Å²) in [6, 6.07) is 4.24. The summed E-state index contributed by atoms with van der Waals surface area (Å²) in [6.45, 7) is 12.1. The highest BCUT2D eigenvalue weighted by molar-refractivity contribution is 6.48. The van der Waals surface area contributed by atoms with Crippen molar-refractivity contribution < 1.29 is 0 Å². The number of hydrogen-bond donors (Lipinski definition) is 0. The van der Waals surface area contributed by atoms with Crippen molar-refractivity contribution in [3.05, 3.63) is 50.7 Å². The zero-order valence-corrected chi connectivity index (χ0v) is 18.1. The first-order valence-electron chi connectivity index (χ1n) is 9.75. The van der Waals surface area contributed by atoms with Crippen LogP contribution in [0.5, 0.6) is 0 Å². The van der Waals surface area contributed by atoms with E-state index in [9.17, 15) is 4.79 Å². The molecule has 0 unspecified atom stereocenters. The van der Waals surface area contributed by atoms with Gasteiger partial charge >= 0.3 is 0 Å². The lowest BCUT2D eigenvalue weighted by molar-refractivity contribution is 0.717. The number of aromatic nitrogens is 2. The van der Waals surface area contributed by atoms with Crippen molar-refractivity contribution in [3.8, 4) is 0 Å². The Morgan fingerprint density at radius 3 is 2.25 bits per heavy atom. The maximum absolute atomic E-state index is 13.0. The van der Waals surface area contributed by atoms with E-state index in [-0.39, 0.29) is 11.5 Å². The van der Waals surface area contributed by atoms with Crippen LogP contribution < -0.4 is 10.5 Å². The molecule has 1 aliphatic heterocycles. The van der Waals surface area contributed by atoms with Crippen LogP contribution in [0.15, 0.2) is 27.0 Å². The number of aryl methyl sites for hydroxylation is 2. The molecule has 1 aliphatic rings. The van der Waals surface area contributed by atoms with Gasteiger partial charge in [-0.15, -0.1) is 0 Å². The van der Waals surface area contributed by atoms with Crippen LogP contribution in [0.3, 0.4) is 0 Å². The highest BCUT2D eigenvalue weighted by atomic mass is 16.1. The molecule has 0 N–H and O–H groups in total. The largest absolute Gasteiger partial charge is 0.378 e. The summed E-state index contributed by atoms with van der Waals surface area (Å²) < 4.78 is 1.41. The predicted octanol–water partition coefficient (Wildman–Crippen LogP) is 3.97. The topological polar surface area (TPSA) is 62.9 Å². The number of rotatable bonds is 4. The van der Waals surface area contributed by atoms with Crippen molar-refractivity contribution in [2.75, 3.05) is 19.0 Å². The van der Waals surface area contributed by atoms with Crippen molar-refractivity contribution in [1.82, 2.24) is 9.66 Å². The SMILES string of the molecule is CCc1c(C(C)C)nc2n(c1=O)N=C(C)C2=Nc1c(C)cc(N(C)C)cc1C. The molecular formula is C22H29N5O. The van der Waals surface area contributed by atoms with Gasteiger partial charge in [0.1, 0.15) is 5.71 Å². The Morgan fingerprint density at radius 1 is 1.14 bits per heavy atom. The van der Waals surface area contributed by atoms with Gasteiger partial charge in [-0.25, -0.2) is 9.98 Å². The van der Waals surface area contributed by atoms with Gasteiger partial charge in [0, 0.05) is 25.3 Å². The molecule has 1 aromatic heterocycles. The zero-order valence-electron chi connectivity index (χ0n) is 18.1. The van der Waals surface area contributed by atoms with Gasteiger partial charge in [-0.3, -0.25) is 4.79 Å². The van der Waals surface area contributed by atoms with Gasteiger partial charge < -0.3 is 4.90 Å². The second-order valence-corrected chi connectivity index (χ2v) is 7.89. The van der Waals surface area contributed by atoms with Crippen LogP contribution in [0, 0.1) is 13.8 Å². The van der Waals surface area contributed by atoms with Crippen molar-refractivity contribution in [2.24, 2.45) is 10.1 Å². The monoisotopic (exact) mass is 379 g/mol. The molecule has 0 saturated heterocycles. The van der Waals surface area contributed by atoms with E-state index in [1.807, 2.05) is 27.9 Å². The number of nitrogens with zero attached hydrogens (tertiary/aromatic N) is 5. The minimum absolute atomic E-state index is 0.0860. The third-order valence-electron chi connectivity index (χ3n) is 5.11. The molecule has 0 atom stereocenters. The summed E-state index contributed by atoms with van der Waals surface area (Å²) >= 11 is 0. The lowest BCUT2D eigenvalue weighted by Crippen LogP contribution is -2.27. The van der Waals surface area contributed by atoms with Gasteiger partial charge in [-0.05, 0) is 56.4 Å². The Balaban J connectivity index is 2.23. The highest BCUT2D eigenvalue weighted by Gasteiger charge is 2.27. The molecule has 0 spiro atoms. The summed E-state index contributed by atoms with van der Waals surface area (Å²) in [5.41, 5.74) is 7.08. The molecule has 0 bridgehead atoms. The summed E-state index contributed by atoms with van der Waals surface area (Å²) in [4.78, 5) is 24.8. The Morgan fingerprint density at radius 2 is 1.75 bits per heavy atom. The summed E-state index contributed by atoms with van der Waals surface area (Å²) in [6.07, 6.45) is 0.644. The van der Waals surface area contributed by atoms with Gasteiger partial charge in [0.05, 0.1) is 17.1 Å². The Kier molecular flexibility index (Phi) is 5.24. The minimum Gasteiger partial charge on any atom is -0.378 e. The molecule has 1 aromatic carbocycles. The van der Waals surface area contributed by atoms with Crippen LogP contribution in [0.2, 0.25) is 0 Å². The molecule has 0 aliphatic carbocycles. The zero-order chi connectivity index (χ0) is 20.7. The fraction of sp³-hybridized carbons (Fsp3) is 0.455. The smallest absolute Gasteiger partial charge is 0.277 e. The lowest BCUT2D eigenvalue weighted by atomic mass is 10.0. The minimum atomic E-state index is -0.0860. The van der Waals surface area contributed by atoms with Crippen molar-refractivity contribution in [1.29, 1.82) is 0 Å². The Hall–Kier alpha value is -2.76. The molecule has 3 rings (SSSR count). The maximum Gasteiger partial charge on any atom is 0.277 e. The number of benzene rings is 1. The van der Waals surface area contributed by atoms with Crippen LogP contribution in [-0.4, -0.2) is 35.2 Å². The Labute approximate surface area is 166 Å². The molecular weight excluding hydrogens is 350 g/mol. The van der Waals surface area contributed by atoms with E-state index in [0.717, 1.165) is 33.8 Å². The van der Waals surface area contributed by atoms with Crippen LogP contribution in [0.25, 0.3) is 0 Å². The molecule has 28 heavy (non-hydrogen) atoms. The standard InChI is InChI=1S/C22H29N5O/c1-9-17-18(12(2)3)24-21-20(15(6)25-27(21)22(17)28)23-19-13(4)10-16(26(7)8)11-14(19)5/h10-12H,9H2,1-8H3. The average molecular weight is 380 g/mol. The van der Waals surface area contributed by atoms with Gasteiger partial charge in [-0.1, -0.05) is 20.8 Å². The molecule has 148 valence electrons. The van der Waals surface area contributed by atoms with Gasteiger partial charge in [-0.2, -0.15) is 9.78 Å². The number of aliphatic imine (C=N–C) groups is 1. The van der Waals surface area contributed by atoms with Crippen LogP contribution >= 0.6 is 0 Å². The molecule has 0 radical (unpaired) electrons. The molecule has 2 aromatic rings. The number of anilines is 1. The molecule has 6 heteroatoms. The van der Waals surface area contributed by atoms with Gasteiger partial charge in [0.15, 0.2) is 5.82 Å². The fourth-order valence-corrected chi connectivity index (χ4v) is 3.59. The van der Waals surface area contributed by atoms with Crippen molar-refractivity contribution in [2.45, 2.75) is 53.9 Å². The third kappa shape index (κ3) is 3.28. The summed E-state index contributed by atoms with van der Waals surface area (Å²) in [5, 5.41) is 4.46. The molecule has 6 nitrogen and oxygen atoms in total. The van der Waals surface area contributed by atoms with E-state index in [0.29, 0.717) is 23.7 Å². The molecule has 0 amide bonds. The average Bonchev–Trinajstić information content (AvgIpc) is 2.93. The van der Waals surface area contributed by atoms with Crippen LogP contribution in [0.1, 0.15) is 61.8 Å². The number of hydrogen-bond acceptors (Lipinski definition) is 5. The van der Waals surface area contributed by atoms with E-state index in [1.54, 1.807) is 0 Å². The van der Waals surface area contributed by atoms with Crippen molar-refractivity contribution >= 4 is 22.8 Å². The fourth-order valence-electron chi connectivity index (χ4n) is 3.59.